The summed E-state index contributed by atoms with van der Waals surface area (Å²) in [5.41, 5.74) is 0. The SMILES string of the molecule is CC(C)CCCC(C)CCC(CCCC(C)C)CCC(CCCC(C)C)CCC(C)CCCC(C)C. The van der Waals surface area contributed by atoms with Gasteiger partial charge in [-0.25, -0.2) is 0 Å². The Morgan fingerprint density at radius 1 is 0.250 bits per heavy atom. The first-order valence-corrected chi connectivity index (χ1v) is 17.0. The quantitative estimate of drug-likeness (QED) is 0.115. The highest BCUT2D eigenvalue weighted by molar-refractivity contribution is 4.70. The highest BCUT2D eigenvalue weighted by Gasteiger charge is 2.17. The van der Waals surface area contributed by atoms with E-state index in [2.05, 4.69) is 69.2 Å². The van der Waals surface area contributed by atoms with Gasteiger partial charge in [0.1, 0.15) is 0 Å². The molecule has 0 nitrogen and oxygen atoms in total. The lowest BCUT2D eigenvalue weighted by Crippen LogP contribution is -2.10. The van der Waals surface area contributed by atoms with E-state index in [4.69, 9.17) is 0 Å². The van der Waals surface area contributed by atoms with Gasteiger partial charge in [-0.05, 0) is 47.3 Å². The van der Waals surface area contributed by atoms with Crippen molar-refractivity contribution in [2.45, 2.75) is 185 Å². The minimum atomic E-state index is 0.863. The molecule has 0 fully saturated rings. The molecule has 0 radical (unpaired) electrons. The van der Waals surface area contributed by atoms with Gasteiger partial charge in [-0.2, -0.15) is 0 Å². The Bertz CT molecular complexity index is 403. The number of rotatable bonds is 25. The molecule has 0 saturated carbocycles. The molecule has 0 aromatic rings. The monoisotopic (exact) mass is 507 g/mol. The molecule has 0 aliphatic heterocycles. The van der Waals surface area contributed by atoms with Crippen molar-refractivity contribution < 1.29 is 0 Å². The van der Waals surface area contributed by atoms with Gasteiger partial charge < -0.3 is 0 Å². The summed E-state index contributed by atoms with van der Waals surface area (Å²) in [6.07, 6.45) is 26.2. The largest absolute Gasteiger partial charge is 0.0628 e. The van der Waals surface area contributed by atoms with Crippen LogP contribution in [0.1, 0.15) is 185 Å². The third-order valence-corrected chi connectivity index (χ3v) is 8.86. The van der Waals surface area contributed by atoms with Crippen LogP contribution in [0.3, 0.4) is 0 Å². The van der Waals surface area contributed by atoms with Crippen LogP contribution in [0.25, 0.3) is 0 Å². The van der Waals surface area contributed by atoms with Crippen LogP contribution >= 0.6 is 0 Å². The van der Waals surface area contributed by atoms with E-state index in [-0.39, 0.29) is 0 Å². The molecule has 218 valence electrons. The van der Waals surface area contributed by atoms with Gasteiger partial charge in [-0.3, -0.25) is 0 Å². The fraction of sp³-hybridized carbons (Fsp3) is 1.00. The summed E-state index contributed by atoms with van der Waals surface area (Å²) in [6, 6.07) is 0. The zero-order chi connectivity index (χ0) is 27.3. The van der Waals surface area contributed by atoms with E-state index in [0.29, 0.717) is 0 Å². The highest BCUT2D eigenvalue weighted by atomic mass is 14.2. The van der Waals surface area contributed by atoms with Crippen molar-refractivity contribution in [1.82, 2.24) is 0 Å². The molecule has 0 N–H and O–H groups in total. The maximum Gasteiger partial charge on any atom is -0.0414 e. The van der Waals surface area contributed by atoms with Gasteiger partial charge in [0.15, 0.2) is 0 Å². The van der Waals surface area contributed by atoms with Crippen molar-refractivity contribution in [1.29, 1.82) is 0 Å². The van der Waals surface area contributed by atoms with Crippen LogP contribution in [-0.2, 0) is 0 Å². The van der Waals surface area contributed by atoms with Crippen LogP contribution in [0.15, 0.2) is 0 Å². The lowest BCUT2D eigenvalue weighted by atomic mass is 9.82. The van der Waals surface area contributed by atoms with Crippen LogP contribution in [-0.4, -0.2) is 0 Å². The Labute approximate surface area is 232 Å². The molecule has 4 unspecified atom stereocenters. The molecule has 0 aromatic carbocycles. The summed E-state index contributed by atoms with van der Waals surface area (Å²) < 4.78 is 0. The molecule has 0 aromatic heterocycles. The highest BCUT2D eigenvalue weighted by Crippen LogP contribution is 2.31. The molecule has 0 saturated heterocycles. The molecule has 0 heteroatoms. The molecule has 0 spiro atoms. The Hall–Kier alpha value is 0. The Morgan fingerprint density at radius 3 is 0.778 bits per heavy atom. The first-order valence-electron chi connectivity index (χ1n) is 17.0. The van der Waals surface area contributed by atoms with Gasteiger partial charge in [-0.15, -0.1) is 0 Å². The van der Waals surface area contributed by atoms with Crippen molar-refractivity contribution in [3.8, 4) is 0 Å². The van der Waals surface area contributed by atoms with Crippen molar-refractivity contribution in [3.63, 3.8) is 0 Å². The van der Waals surface area contributed by atoms with Crippen LogP contribution in [0, 0.1) is 47.3 Å². The smallest absolute Gasteiger partial charge is 0.0414 e. The van der Waals surface area contributed by atoms with Crippen LogP contribution in [0.2, 0.25) is 0 Å². The number of hydrogen-bond acceptors (Lipinski definition) is 0. The summed E-state index contributed by atoms with van der Waals surface area (Å²) in [5.74, 6) is 7.26. The molecular formula is C36H74. The van der Waals surface area contributed by atoms with E-state index in [1.165, 1.54) is 116 Å². The van der Waals surface area contributed by atoms with Crippen molar-refractivity contribution in [2.75, 3.05) is 0 Å². The van der Waals surface area contributed by atoms with Gasteiger partial charge in [-0.1, -0.05) is 185 Å². The fourth-order valence-corrected chi connectivity index (χ4v) is 6.05. The molecule has 36 heavy (non-hydrogen) atoms. The summed E-state index contributed by atoms with van der Waals surface area (Å²) >= 11 is 0. The Morgan fingerprint density at radius 2 is 0.500 bits per heavy atom. The second-order valence-corrected chi connectivity index (χ2v) is 15.0. The van der Waals surface area contributed by atoms with Gasteiger partial charge in [0, 0.05) is 0 Å². The molecule has 0 rings (SSSR count). The lowest BCUT2D eigenvalue weighted by molar-refractivity contribution is 0.282. The van der Waals surface area contributed by atoms with E-state index in [9.17, 15) is 0 Å². The van der Waals surface area contributed by atoms with E-state index in [1.807, 2.05) is 0 Å². The number of hydrogen-bond donors (Lipinski definition) is 0. The zero-order valence-electron chi connectivity index (χ0n) is 27.3. The molecular weight excluding hydrogens is 432 g/mol. The molecule has 0 amide bonds. The molecule has 4 atom stereocenters. The molecule has 0 heterocycles. The zero-order valence-corrected chi connectivity index (χ0v) is 27.3. The maximum absolute atomic E-state index is 2.53. The van der Waals surface area contributed by atoms with Crippen molar-refractivity contribution in [2.24, 2.45) is 47.3 Å². The van der Waals surface area contributed by atoms with E-state index < -0.39 is 0 Å². The standard InChI is InChI=1S/C36H74/c1-29(2)15-11-19-33(9)23-25-35(21-13-17-31(5)6)27-28-36(22-14-18-32(7)8)26-24-34(10)20-12-16-30(3)4/h29-36H,11-28H2,1-10H3. The minimum Gasteiger partial charge on any atom is -0.0628 e. The average Bonchev–Trinajstić information content (AvgIpc) is 2.77. The predicted molar refractivity (Wildman–Crippen MR) is 168 cm³/mol. The lowest BCUT2D eigenvalue weighted by Gasteiger charge is -2.24. The third-order valence-electron chi connectivity index (χ3n) is 8.86. The van der Waals surface area contributed by atoms with Crippen molar-refractivity contribution in [3.05, 3.63) is 0 Å². The Balaban J connectivity index is 4.77. The summed E-state index contributed by atoms with van der Waals surface area (Å²) in [4.78, 5) is 0. The fourth-order valence-electron chi connectivity index (χ4n) is 6.05. The third kappa shape index (κ3) is 24.3. The molecule has 0 bridgehead atoms. The first kappa shape index (κ1) is 36.0. The molecule has 0 aliphatic rings. The van der Waals surface area contributed by atoms with Crippen molar-refractivity contribution >= 4 is 0 Å². The Kier molecular flexibility index (Phi) is 22.9. The van der Waals surface area contributed by atoms with E-state index in [0.717, 1.165) is 47.3 Å². The summed E-state index contributed by atoms with van der Waals surface area (Å²) in [6.45, 7) is 24.2. The average molecular weight is 507 g/mol. The summed E-state index contributed by atoms with van der Waals surface area (Å²) in [5, 5.41) is 0. The summed E-state index contributed by atoms with van der Waals surface area (Å²) in [7, 11) is 0. The van der Waals surface area contributed by atoms with Gasteiger partial charge in [0.05, 0.1) is 0 Å². The first-order chi connectivity index (χ1) is 17.0. The second-order valence-electron chi connectivity index (χ2n) is 15.0. The predicted octanol–water partition coefficient (Wildman–Crippen LogP) is 13.1. The van der Waals surface area contributed by atoms with E-state index in [1.54, 1.807) is 0 Å². The minimum absolute atomic E-state index is 0.863. The van der Waals surface area contributed by atoms with Crippen LogP contribution < -0.4 is 0 Å². The van der Waals surface area contributed by atoms with Gasteiger partial charge >= 0.3 is 0 Å². The molecule has 0 aliphatic carbocycles. The second kappa shape index (κ2) is 22.9. The van der Waals surface area contributed by atoms with Crippen LogP contribution in [0.4, 0.5) is 0 Å². The topological polar surface area (TPSA) is 0 Å². The van der Waals surface area contributed by atoms with Gasteiger partial charge in [0.25, 0.3) is 0 Å². The van der Waals surface area contributed by atoms with Gasteiger partial charge in [0.2, 0.25) is 0 Å². The normalized spacial score (nSPS) is 15.8. The van der Waals surface area contributed by atoms with E-state index >= 15 is 0 Å². The maximum atomic E-state index is 2.53. The van der Waals surface area contributed by atoms with Crippen LogP contribution in [0.5, 0.6) is 0 Å².